The third-order valence-electron chi connectivity index (χ3n) is 2.85. The van der Waals surface area contributed by atoms with Crippen molar-refractivity contribution in [3.63, 3.8) is 0 Å². The van der Waals surface area contributed by atoms with Crippen LogP contribution in [0.15, 0.2) is 45.3 Å². The maximum absolute atomic E-state index is 12.4. The van der Waals surface area contributed by atoms with Gasteiger partial charge in [-0.3, -0.25) is 4.79 Å². The molecule has 0 bridgehead atoms. The summed E-state index contributed by atoms with van der Waals surface area (Å²) in [6, 6.07) is 9.32. The number of ether oxygens (including phenoxy) is 1. The Morgan fingerprint density at radius 2 is 1.77 bits per heavy atom. The summed E-state index contributed by atoms with van der Waals surface area (Å²) in [4.78, 5) is 23.2. The number of rotatable bonds is 4. The third-order valence-corrected chi connectivity index (χ3v) is 3.89. The summed E-state index contributed by atoms with van der Waals surface area (Å²) in [6.45, 7) is 0. The minimum absolute atomic E-state index is 0.153. The highest BCUT2D eigenvalue weighted by molar-refractivity contribution is 9.11. The Morgan fingerprint density at radius 3 is 2.32 bits per heavy atom. The second kappa shape index (κ2) is 6.93. The van der Waals surface area contributed by atoms with Crippen molar-refractivity contribution in [3.8, 4) is 5.75 Å². The number of nitrogens with one attached hydrogen (secondary N) is 1. The molecular formula is C15H11Br2NO4. The number of benzene rings is 2. The molecule has 2 aromatic rings. The Hall–Kier alpha value is -1.86. The lowest BCUT2D eigenvalue weighted by Crippen LogP contribution is -2.13. The highest BCUT2D eigenvalue weighted by atomic mass is 79.9. The summed E-state index contributed by atoms with van der Waals surface area (Å²) >= 11 is 6.66. The van der Waals surface area contributed by atoms with Crippen LogP contribution in [0.1, 0.15) is 20.7 Å². The SMILES string of the molecule is COc1c(Br)cc(Br)cc1C(=O)Nc1ccc(C(=O)O)cc1. The van der Waals surface area contributed by atoms with Crippen LogP contribution >= 0.6 is 31.9 Å². The van der Waals surface area contributed by atoms with Crippen LogP contribution in [0.4, 0.5) is 5.69 Å². The van der Waals surface area contributed by atoms with E-state index in [9.17, 15) is 9.59 Å². The maximum atomic E-state index is 12.4. The number of anilines is 1. The Balaban J connectivity index is 2.27. The molecule has 0 saturated carbocycles. The Bertz CT molecular complexity index is 729. The molecule has 0 aromatic heterocycles. The van der Waals surface area contributed by atoms with Gasteiger partial charge in [0, 0.05) is 10.2 Å². The molecule has 22 heavy (non-hydrogen) atoms. The predicted octanol–water partition coefficient (Wildman–Crippen LogP) is 4.17. The van der Waals surface area contributed by atoms with E-state index >= 15 is 0 Å². The summed E-state index contributed by atoms with van der Waals surface area (Å²) in [5.74, 6) is -0.958. The Labute approximate surface area is 143 Å². The van der Waals surface area contributed by atoms with Crippen molar-refractivity contribution in [3.05, 3.63) is 56.5 Å². The fourth-order valence-electron chi connectivity index (χ4n) is 1.83. The quantitative estimate of drug-likeness (QED) is 0.766. The first-order valence-electron chi connectivity index (χ1n) is 6.10. The van der Waals surface area contributed by atoms with Gasteiger partial charge in [0.05, 0.1) is 22.7 Å². The monoisotopic (exact) mass is 427 g/mol. The van der Waals surface area contributed by atoms with E-state index in [1.54, 1.807) is 12.1 Å². The molecule has 2 N–H and O–H groups in total. The number of hydrogen-bond donors (Lipinski definition) is 2. The molecule has 0 radical (unpaired) electrons. The second-order valence-electron chi connectivity index (χ2n) is 4.31. The maximum Gasteiger partial charge on any atom is 0.335 e. The summed E-state index contributed by atoms with van der Waals surface area (Å²) in [5.41, 5.74) is 1.000. The first-order valence-corrected chi connectivity index (χ1v) is 7.68. The molecule has 0 saturated heterocycles. The van der Waals surface area contributed by atoms with E-state index in [1.165, 1.54) is 31.4 Å². The van der Waals surface area contributed by atoms with Gasteiger partial charge < -0.3 is 15.2 Å². The summed E-state index contributed by atoms with van der Waals surface area (Å²) in [5, 5.41) is 11.6. The van der Waals surface area contributed by atoms with E-state index < -0.39 is 5.97 Å². The minimum Gasteiger partial charge on any atom is -0.495 e. The molecule has 0 spiro atoms. The van der Waals surface area contributed by atoms with Crippen LogP contribution in [-0.2, 0) is 0 Å². The topological polar surface area (TPSA) is 75.6 Å². The lowest BCUT2D eigenvalue weighted by molar-refractivity contribution is 0.0696. The smallest absolute Gasteiger partial charge is 0.335 e. The molecule has 5 nitrogen and oxygen atoms in total. The molecule has 0 unspecified atom stereocenters. The number of carboxylic acids is 1. The number of carbonyl (C=O) groups is 2. The molecule has 2 aromatic carbocycles. The molecule has 114 valence electrons. The standard InChI is InChI=1S/C15H11Br2NO4/c1-22-13-11(6-9(16)7-12(13)17)14(19)18-10-4-2-8(3-5-10)15(20)21/h2-7H,1H3,(H,18,19)(H,20,21). The van der Waals surface area contributed by atoms with E-state index in [4.69, 9.17) is 9.84 Å². The van der Waals surface area contributed by atoms with Gasteiger partial charge in [-0.05, 0) is 52.3 Å². The molecule has 2 rings (SSSR count). The summed E-state index contributed by atoms with van der Waals surface area (Å²) in [7, 11) is 1.48. The fourth-order valence-corrected chi connectivity index (χ4v) is 3.22. The predicted molar refractivity (Wildman–Crippen MR) is 89.7 cm³/mol. The number of methoxy groups -OCH3 is 1. The normalized spacial score (nSPS) is 10.1. The van der Waals surface area contributed by atoms with Crippen molar-refractivity contribution >= 4 is 49.4 Å². The van der Waals surface area contributed by atoms with Crippen LogP contribution in [0.25, 0.3) is 0 Å². The molecule has 0 fully saturated rings. The molecule has 1 amide bonds. The van der Waals surface area contributed by atoms with Gasteiger partial charge in [-0.25, -0.2) is 4.79 Å². The van der Waals surface area contributed by atoms with Gasteiger partial charge in [0.1, 0.15) is 5.75 Å². The van der Waals surface area contributed by atoms with Gasteiger partial charge in [-0.2, -0.15) is 0 Å². The van der Waals surface area contributed by atoms with E-state index in [0.29, 0.717) is 21.5 Å². The number of carbonyl (C=O) groups excluding carboxylic acids is 1. The van der Waals surface area contributed by atoms with E-state index in [0.717, 1.165) is 4.47 Å². The van der Waals surface area contributed by atoms with Crippen LogP contribution < -0.4 is 10.1 Å². The van der Waals surface area contributed by atoms with Crippen LogP contribution in [0.5, 0.6) is 5.75 Å². The zero-order valence-corrected chi connectivity index (χ0v) is 14.6. The molecule has 0 atom stereocenters. The Kier molecular flexibility index (Phi) is 5.20. The molecular weight excluding hydrogens is 418 g/mol. The van der Waals surface area contributed by atoms with Gasteiger partial charge in [-0.1, -0.05) is 15.9 Å². The number of carboxylic acid groups (broad SMARTS) is 1. The second-order valence-corrected chi connectivity index (χ2v) is 6.08. The minimum atomic E-state index is -1.02. The molecule has 0 heterocycles. The zero-order chi connectivity index (χ0) is 16.3. The van der Waals surface area contributed by atoms with Crippen LogP contribution in [-0.4, -0.2) is 24.1 Å². The summed E-state index contributed by atoms with van der Waals surface area (Å²) < 4.78 is 6.61. The lowest BCUT2D eigenvalue weighted by Gasteiger charge is -2.12. The van der Waals surface area contributed by atoms with Crippen molar-refractivity contribution in [2.45, 2.75) is 0 Å². The van der Waals surface area contributed by atoms with Crippen LogP contribution in [0, 0.1) is 0 Å². The molecule has 0 aliphatic heterocycles. The largest absolute Gasteiger partial charge is 0.495 e. The zero-order valence-electron chi connectivity index (χ0n) is 11.4. The van der Waals surface area contributed by atoms with Crippen molar-refractivity contribution in [1.82, 2.24) is 0 Å². The molecule has 0 aliphatic carbocycles. The van der Waals surface area contributed by atoms with E-state index in [2.05, 4.69) is 37.2 Å². The first kappa shape index (κ1) is 16.5. The number of amides is 1. The highest BCUT2D eigenvalue weighted by Gasteiger charge is 2.16. The van der Waals surface area contributed by atoms with Gasteiger partial charge in [0.15, 0.2) is 0 Å². The van der Waals surface area contributed by atoms with Crippen molar-refractivity contribution in [2.75, 3.05) is 12.4 Å². The molecule has 7 heteroatoms. The van der Waals surface area contributed by atoms with Gasteiger partial charge in [0.2, 0.25) is 0 Å². The number of hydrogen-bond acceptors (Lipinski definition) is 3. The van der Waals surface area contributed by atoms with Gasteiger partial charge in [0.25, 0.3) is 5.91 Å². The van der Waals surface area contributed by atoms with Crippen molar-refractivity contribution < 1.29 is 19.4 Å². The first-order chi connectivity index (χ1) is 10.4. The Morgan fingerprint density at radius 1 is 1.14 bits per heavy atom. The van der Waals surface area contributed by atoms with E-state index in [-0.39, 0.29) is 11.5 Å². The fraction of sp³-hybridized carbons (Fsp3) is 0.0667. The van der Waals surface area contributed by atoms with Crippen molar-refractivity contribution in [2.24, 2.45) is 0 Å². The average Bonchev–Trinajstić information content (AvgIpc) is 2.47. The van der Waals surface area contributed by atoms with Crippen LogP contribution in [0.2, 0.25) is 0 Å². The average molecular weight is 429 g/mol. The van der Waals surface area contributed by atoms with Crippen molar-refractivity contribution in [1.29, 1.82) is 0 Å². The lowest BCUT2D eigenvalue weighted by atomic mass is 10.1. The van der Waals surface area contributed by atoms with Gasteiger partial charge >= 0.3 is 5.97 Å². The van der Waals surface area contributed by atoms with Crippen LogP contribution in [0.3, 0.4) is 0 Å². The van der Waals surface area contributed by atoms with E-state index in [1.807, 2.05) is 0 Å². The van der Waals surface area contributed by atoms with Gasteiger partial charge in [-0.15, -0.1) is 0 Å². The number of halogens is 2. The molecule has 0 aliphatic rings. The third kappa shape index (κ3) is 3.66. The number of aromatic carboxylic acids is 1. The highest BCUT2D eigenvalue weighted by Crippen LogP contribution is 2.33. The summed E-state index contributed by atoms with van der Waals surface area (Å²) in [6.07, 6.45) is 0.